The lowest BCUT2D eigenvalue weighted by Crippen LogP contribution is -2.31. The van der Waals surface area contributed by atoms with Crippen molar-refractivity contribution in [2.75, 3.05) is 27.2 Å². The minimum absolute atomic E-state index is 0.138. The number of esters is 1. The van der Waals surface area contributed by atoms with Gasteiger partial charge in [0.25, 0.3) is 0 Å². The molecule has 0 N–H and O–H groups in total. The molecule has 0 heterocycles. The smallest absolute Gasteiger partial charge is 0.306 e. The van der Waals surface area contributed by atoms with Crippen LogP contribution in [0, 0.1) is 5.41 Å². The van der Waals surface area contributed by atoms with Gasteiger partial charge < -0.3 is 9.64 Å². The van der Waals surface area contributed by atoms with Crippen LogP contribution in [0.2, 0.25) is 0 Å². The van der Waals surface area contributed by atoms with E-state index < -0.39 is 0 Å². The molecular weight excluding hydrogens is 166 g/mol. The van der Waals surface area contributed by atoms with Gasteiger partial charge in [0.05, 0.1) is 13.5 Å². The summed E-state index contributed by atoms with van der Waals surface area (Å²) >= 11 is 0. The lowest BCUT2D eigenvalue weighted by molar-refractivity contribution is -0.141. The Morgan fingerprint density at radius 2 is 1.92 bits per heavy atom. The lowest BCUT2D eigenvalue weighted by atomic mass is 9.96. The zero-order valence-corrected chi connectivity index (χ0v) is 9.39. The van der Waals surface area contributed by atoms with Gasteiger partial charge in [0.1, 0.15) is 0 Å². The summed E-state index contributed by atoms with van der Waals surface area (Å²) in [7, 11) is 3.44. The topological polar surface area (TPSA) is 29.5 Å². The molecule has 78 valence electrons. The van der Waals surface area contributed by atoms with E-state index in [9.17, 15) is 4.79 Å². The van der Waals surface area contributed by atoms with Crippen molar-refractivity contribution in [3.63, 3.8) is 0 Å². The van der Waals surface area contributed by atoms with Crippen molar-refractivity contribution in [1.29, 1.82) is 0 Å². The van der Waals surface area contributed by atoms with Crippen molar-refractivity contribution < 1.29 is 9.53 Å². The van der Waals surface area contributed by atoms with E-state index in [2.05, 4.69) is 30.4 Å². The second-order valence-corrected chi connectivity index (χ2v) is 4.62. The average Bonchev–Trinajstić information content (AvgIpc) is 1.97. The second-order valence-electron chi connectivity index (χ2n) is 4.62. The summed E-state index contributed by atoms with van der Waals surface area (Å²) in [4.78, 5) is 13.0. The van der Waals surface area contributed by atoms with E-state index in [-0.39, 0.29) is 11.4 Å². The van der Waals surface area contributed by atoms with Gasteiger partial charge in [-0.15, -0.1) is 0 Å². The standard InChI is InChI=1S/C10H21NO2/c1-10(2,3)8-11(4)7-6-9(12)13-5/h6-8H2,1-5H3. The molecular formula is C10H21NO2. The van der Waals surface area contributed by atoms with E-state index in [0.717, 1.165) is 13.1 Å². The maximum Gasteiger partial charge on any atom is 0.306 e. The molecule has 0 unspecified atom stereocenters. The van der Waals surface area contributed by atoms with Gasteiger partial charge >= 0.3 is 5.97 Å². The summed E-state index contributed by atoms with van der Waals surface area (Å²) in [5, 5.41) is 0. The summed E-state index contributed by atoms with van der Waals surface area (Å²) in [5.41, 5.74) is 0.283. The van der Waals surface area contributed by atoms with Gasteiger partial charge in [-0.3, -0.25) is 4.79 Å². The average molecular weight is 187 g/mol. The fraction of sp³-hybridized carbons (Fsp3) is 0.900. The minimum atomic E-state index is -0.138. The van der Waals surface area contributed by atoms with Gasteiger partial charge in [-0.25, -0.2) is 0 Å². The highest BCUT2D eigenvalue weighted by atomic mass is 16.5. The maximum atomic E-state index is 10.8. The molecule has 0 aliphatic carbocycles. The van der Waals surface area contributed by atoms with Crippen molar-refractivity contribution >= 4 is 5.97 Å². The number of carbonyl (C=O) groups is 1. The normalized spacial score (nSPS) is 11.8. The first kappa shape index (κ1) is 12.4. The molecule has 0 aliphatic heterocycles. The van der Waals surface area contributed by atoms with Gasteiger partial charge in [0, 0.05) is 13.1 Å². The first-order chi connectivity index (χ1) is 5.85. The Bertz CT molecular complexity index is 161. The zero-order valence-electron chi connectivity index (χ0n) is 9.39. The monoisotopic (exact) mass is 187 g/mol. The summed E-state index contributed by atoms with van der Waals surface area (Å²) in [6, 6.07) is 0. The molecule has 0 aromatic rings. The molecule has 0 saturated carbocycles. The Kier molecular flexibility index (Phi) is 4.99. The molecule has 0 aromatic carbocycles. The predicted octanol–water partition coefficient (Wildman–Crippen LogP) is 1.53. The van der Waals surface area contributed by atoms with Gasteiger partial charge in [0.2, 0.25) is 0 Å². The van der Waals surface area contributed by atoms with Gasteiger partial charge in [-0.1, -0.05) is 20.8 Å². The van der Waals surface area contributed by atoms with Gasteiger partial charge in [-0.05, 0) is 12.5 Å². The third kappa shape index (κ3) is 7.78. The molecule has 13 heavy (non-hydrogen) atoms. The minimum Gasteiger partial charge on any atom is -0.469 e. The van der Waals surface area contributed by atoms with E-state index in [1.165, 1.54) is 7.11 Å². The Balaban J connectivity index is 3.63. The molecule has 0 amide bonds. The number of carbonyl (C=O) groups excluding carboxylic acids is 1. The van der Waals surface area contributed by atoms with Crippen LogP contribution in [-0.4, -0.2) is 38.1 Å². The van der Waals surface area contributed by atoms with Crippen molar-refractivity contribution in [1.82, 2.24) is 4.90 Å². The number of ether oxygens (including phenoxy) is 1. The van der Waals surface area contributed by atoms with Gasteiger partial charge in [-0.2, -0.15) is 0 Å². The highest BCUT2D eigenvalue weighted by molar-refractivity contribution is 5.69. The molecule has 0 spiro atoms. The van der Waals surface area contributed by atoms with Crippen LogP contribution in [0.25, 0.3) is 0 Å². The summed E-state index contributed by atoms with van der Waals surface area (Å²) < 4.78 is 4.57. The first-order valence-electron chi connectivity index (χ1n) is 4.60. The third-order valence-electron chi connectivity index (χ3n) is 1.67. The highest BCUT2D eigenvalue weighted by Gasteiger charge is 2.13. The number of nitrogens with zero attached hydrogens (tertiary/aromatic N) is 1. The number of hydrogen-bond acceptors (Lipinski definition) is 3. The predicted molar refractivity (Wildman–Crippen MR) is 53.6 cm³/mol. The largest absolute Gasteiger partial charge is 0.469 e. The third-order valence-corrected chi connectivity index (χ3v) is 1.67. The van der Waals surface area contributed by atoms with Crippen molar-refractivity contribution in [2.45, 2.75) is 27.2 Å². The maximum absolute atomic E-state index is 10.8. The van der Waals surface area contributed by atoms with Crippen LogP contribution >= 0.6 is 0 Å². The van der Waals surface area contributed by atoms with Crippen LogP contribution in [0.4, 0.5) is 0 Å². The Labute approximate surface area is 81.1 Å². The molecule has 0 saturated heterocycles. The Morgan fingerprint density at radius 3 is 2.31 bits per heavy atom. The fourth-order valence-electron chi connectivity index (χ4n) is 1.27. The molecule has 0 atom stereocenters. The quantitative estimate of drug-likeness (QED) is 0.625. The second kappa shape index (κ2) is 5.22. The van der Waals surface area contributed by atoms with Crippen LogP contribution in [0.15, 0.2) is 0 Å². The van der Waals surface area contributed by atoms with Crippen molar-refractivity contribution in [2.24, 2.45) is 5.41 Å². The fourth-order valence-corrected chi connectivity index (χ4v) is 1.27. The van der Waals surface area contributed by atoms with Crippen LogP contribution in [0.3, 0.4) is 0 Å². The van der Waals surface area contributed by atoms with Crippen molar-refractivity contribution in [3.05, 3.63) is 0 Å². The molecule has 0 bridgehead atoms. The number of hydrogen-bond donors (Lipinski definition) is 0. The van der Waals surface area contributed by atoms with E-state index in [4.69, 9.17) is 0 Å². The molecule has 3 heteroatoms. The van der Waals surface area contributed by atoms with Crippen LogP contribution in [0.5, 0.6) is 0 Å². The molecule has 0 aromatic heterocycles. The highest BCUT2D eigenvalue weighted by Crippen LogP contribution is 2.13. The molecule has 0 radical (unpaired) electrons. The van der Waals surface area contributed by atoms with E-state index in [0.29, 0.717) is 6.42 Å². The SMILES string of the molecule is COC(=O)CCN(C)CC(C)(C)C. The molecule has 0 fully saturated rings. The van der Waals surface area contributed by atoms with Gasteiger partial charge in [0.15, 0.2) is 0 Å². The van der Waals surface area contributed by atoms with E-state index in [1.54, 1.807) is 0 Å². The Morgan fingerprint density at radius 1 is 1.38 bits per heavy atom. The summed E-state index contributed by atoms with van der Waals surface area (Å²) in [6.07, 6.45) is 0.475. The Hall–Kier alpha value is -0.570. The van der Waals surface area contributed by atoms with E-state index in [1.807, 2.05) is 7.05 Å². The zero-order chi connectivity index (χ0) is 10.5. The number of rotatable bonds is 4. The summed E-state index contributed by atoms with van der Waals surface area (Å²) in [6.45, 7) is 8.30. The van der Waals surface area contributed by atoms with Crippen LogP contribution < -0.4 is 0 Å². The summed E-state index contributed by atoms with van der Waals surface area (Å²) in [5.74, 6) is -0.138. The first-order valence-corrected chi connectivity index (χ1v) is 4.60. The number of methoxy groups -OCH3 is 1. The van der Waals surface area contributed by atoms with E-state index >= 15 is 0 Å². The van der Waals surface area contributed by atoms with Crippen LogP contribution in [-0.2, 0) is 9.53 Å². The molecule has 3 nitrogen and oxygen atoms in total. The molecule has 0 aliphatic rings. The molecule has 0 rings (SSSR count). The van der Waals surface area contributed by atoms with Crippen molar-refractivity contribution in [3.8, 4) is 0 Å². The lowest BCUT2D eigenvalue weighted by Gasteiger charge is -2.25. The van der Waals surface area contributed by atoms with Crippen LogP contribution in [0.1, 0.15) is 27.2 Å².